The summed E-state index contributed by atoms with van der Waals surface area (Å²) < 4.78 is 0. The van der Waals surface area contributed by atoms with E-state index in [-0.39, 0.29) is 6.61 Å². The molecule has 0 unspecified atom stereocenters. The number of benzene rings is 1. The van der Waals surface area contributed by atoms with Gasteiger partial charge in [0.05, 0.1) is 23.8 Å². The van der Waals surface area contributed by atoms with E-state index in [0.29, 0.717) is 16.8 Å². The summed E-state index contributed by atoms with van der Waals surface area (Å²) in [5.74, 6) is 0. The molecule has 0 radical (unpaired) electrons. The second-order valence-corrected chi connectivity index (χ2v) is 3.49. The summed E-state index contributed by atoms with van der Waals surface area (Å²) in [5.41, 5.74) is 12.2. The Morgan fingerprint density at radius 1 is 1.57 bits per heavy atom. The lowest BCUT2D eigenvalue weighted by atomic mass is 9.92. The van der Waals surface area contributed by atoms with Crippen LogP contribution in [0.15, 0.2) is 18.2 Å². The Morgan fingerprint density at radius 3 is 2.64 bits per heavy atom. The van der Waals surface area contributed by atoms with Gasteiger partial charge in [-0.05, 0) is 24.6 Å². The average Bonchev–Trinajstić information content (AvgIpc) is 2.17. The highest BCUT2D eigenvalue weighted by Gasteiger charge is 2.22. The van der Waals surface area contributed by atoms with Gasteiger partial charge in [-0.3, -0.25) is 0 Å². The Bertz CT molecular complexity index is 379. The smallest absolute Gasteiger partial charge is 0.0992 e. The molecule has 0 spiro atoms. The van der Waals surface area contributed by atoms with Crippen molar-refractivity contribution in [1.29, 1.82) is 5.26 Å². The van der Waals surface area contributed by atoms with Crippen molar-refractivity contribution in [2.75, 3.05) is 12.3 Å². The molecule has 0 bridgehead atoms. The number of hydrogen-bond acceptors (Lipinski definition) is 4. The molecule has 4 heteroatoms. The molecule has 1 aromatic rings. The molecule has 0 aliphatic rings. The Labute approximate surface area is 82.8 Å². The number of aliphatic hydroxyl groups excluding tert-OH is 1. The van der Waals surface area contributed by atoms with Gasteiger partial charge in [0.25, 0.3) is 0 Å². The van der Waals surface area contributed by atoms with Crippen LogP contribution in [0.1, 0.15) is 18.1 Å². The van der Waals surface area contributed by atoms with Crippen LogP contribution >= 0.6 is 0 Å². The summed E-state index contributed by atoms with van der Waals surface area (Å²) in [7, 11) is 0. The van der Waals surface area contributed by atoms with E-state index in [1.54, 1.807) is 25.1 Å². The highest BCUT2D eigenvalue weighted by Crippen LogP contribution is 2.24. The number of nitrogen functional groups attached to an aromatic ring is 1. The molecular weight excluding hydrogens is 178 g/mol. The summed E-state index contributed by atoms with van der Waals surface area (Å²) in [5, 5.41) is 17.7. The zero-order valence-corrected chi connectivity index (χ0v) is 7.99. The fourth-order valence-corrected chi connectivity index (χ4v) is 1.24. The third kappa shape index (κ3) is 1.84. The van der Waals surface area contributed by atoms with Crippen LogP contribution in [-0.2, 0) is 5.54 Å². The minimum Gasteiger partial charge on any atom is -0.398 e. The number of rotatable bonds is 2. The first-order chi connectivity index (χ1) is 6.51. The van der Waals surface area contributed by atoms with Crippen LogP contribution in [0.3, 0.4) is 0 Å². The van der Waals surface area contributed by atoms with Crippen LogP contribution in [0.5, 0.6) is 0 Å². The van der Waals surface area contributed by atoms with Gasteiger partial charge in [-0.25, -0.2) is 0 Å². The zero-order chi connectivity index (χ0) is 10.8. The Balaban J connectivity index is 3.20. The number of nitrogens with zero attached hydrogens (tertiary/aromatic N) is 1. The van der Waals surface area contributed by atoms with Gasteiger partial charge in [-0.1, -0.05) is 6.07 Å². The van der Waals surface area contributed by atoms with Crippen LogP contribution in [0.2, 0.25) is 0 Å². The maximum absolute atomic E-state index is 9.05. The lowest BCUT2D eigenvalue weighted by Gasteiger charge is -2.23. The summed E-state index contributed by atoms with van der Waals surface area (Å²) in [6.45, 7) is 1.49. The predicted octanol–water partition coefficient (Wildman–Crippen LogP) is 0.307. The number of nitrogens with two attached hydrogens (primary N) is 2. The molecule has 0 saturated heterocycles. The maximum Gasteiger partial charge on any atom is 0.0992 e. The largest absolute Gasteiger partial charge is 0.398 e. The number of hydrogen-bond donors (Lipinski definition) is 3. The Kier molecular flexibility index (Phi) is 2.75. The predicted molar refractivity (Wildman–Crippen MR) is 54.2 cm³/mol. The van der Waals surface area contributed by atoms with Crippen LogP contribution in [0, 0.1) is 11.3 Å². The lowest BCUT2D eigenvalue weighted by molar-refractivity contribution is 0.210. The van der Waals surface area contributed by atoms with Crippen molar-refractivity contribution in [3.05, 3.63) is 29.3 Å². The SMILES string of the molecule is C[C@](N)(CO)c1ccc(C#N)cc1N. The molecule has 0 fully saturated rings. The van der Waals surface area contributed by atoms with E-state index in [1.807, 2.05) is 6.07 Å². The monoisotopic (exact) mass is 191 g/mol. The molecule has 4 nitrogen and oxygen atoms in total. The fraction of sp³-hybridized carbons (Fsp3) is 0.300. The molecule has 14 heavy (non-hydrogen) atoms. The molecule has 1 atom stereocenters. The highest BCUT2D eigenvalue weighted by atomic mass is 16.3. The third-order valence-corrected chi connectivity index (χ3v) is 2.12. The van der Waals surface area contributed by atoms with Crippen molar-refractivity contribution in [2.24, 2.45) is 5.73 Å². The summed E-state index contributed by atoms with van der Waals surface area (Å²) in [4.78, 5) is 0. The van der Waals surface area contributed by atoms with E-state index in [1.165, 1.54) is 0 Å². The molecule has 5 N–H and O–H groups in total. The highest BCUT2D eigenvalue weighted by molar-refractivity contribution is 5.54. The molecule has 1 rings (SSSR count). The van der Waals surface area contributed by atoms with Gasteiger partial charge in [-0.15, -0.1) is 0 Å². The first-order valence-electron chi connectivity index (χ1n) is 4.21. The molecule has 1 aromatic carbocycles. The van der Waals surface area contributed by atoms with Gasteiger partial charge in [0.1, 0.15) is 0 Å². The molecule has 0 heterocycles. The molecule has 0 amide bonds. The van der Waals surface area contributed by atoms with Crippen LogP contribution in [-0.4, -0.2) is 11.7 Å². The molecule has 0 aromatic heterocycles. The zero-order valence-electron chi connectivity index (χ0n) is 7.99. The van der Waals surface area contributed by atoms with Gasteiger partial charge < -0.3 is 16.6 Å². The number of aliphatic hydroxyl groups is 1. The maximum atomic E-state index is 9.05. The van der Waals surface area contributed by atoms with Crippen molar-refractivity contribution in [3.63, 3.8) is 0 Å². The molecule has 0 aliphatic carbocycles. The van der Waals surface area contributed by atoms with E-state index >= 15 is 0 Å². The van der Waals surface area contributed by atoms with E-state index in [4.69, 9.17) is 21.8 Å². The van der Waals surface area contributed by atoms with Crippen molar-refractivity contribution in [2.45, 2.75) is 12.5 Å². The van der Waals surface area contributed by atoms with Crippen molar-refractivity contribution in [1.82, 2.24) is 0 Å². The number of anilines is 1. The van der Waals surface area contributed by atoms with Crippen molar-refractivity contribution >= 4 is 5.69 Å². The van der Waals surface area contributed by atoms with Gasteiger partial charge in [-0.2, -0.15) is 5.26 Å². The number of nitriles is 1. The topological polar surface area (TPSA) is 96.1 Å². The minimum atomic E-state index is -0.863. The van der Waals surface area contributed by atoms with E-state index in [0.717, 1.165) is 0 Å². The second-order valence-electron chi connectivity index (χ2n) is 3.49. The second kappa shape index (κ2) is 3.66. The first-order valence-corrected chi connectivity index (χ1v) is 4.21. The summed E-state index contributed by atoms with van der Waals surface area (Å²) in [6.07, 6.45) is 0. The van der Waals surface area contributed by atoms with E-state index in [2.05, 4.69) is 0 Å². The van der Waals surface area contributed by atoms with Gasteiger partial charge in [0.2, 0.25) is 0 Å². The van der Waals surface area contributed by atoms with Gasteiger partial charge >= 0.3 is 0 Å². The van der Waals surface area contributed by atoms with Crippen LogP contribution in [0.4, 0.5) is 5.69 Å². The van der Waals surface area contributed by atoms with Crippen molar-refractivity contribution < 1.29 is 5.11 Å². The van der Waals surface area contributed by atoms with Crippen LogP contribution < -0.4 is 11.5 Å². The summed E-state index contributed by atoms with van der Waals surface area (Å²) >= 11 is 0. The van der Waals surface area contributed by atoms with Gasteiger partial charge in [0.15, 0.2) is 0 Å². The average molecular weight is 191 g/mol. The molecule has 0 aliphatic heterocycles. The molecule has 0 saturated carbocycles. The Morgan fingerprint density at radius 2 is 2.21 bits per heavy atom. The summed E-state index contributed by atoms with van der Waals surface area (Å²) in [6, 6.07) is 6.83. The minimum absolute atomic E-state index is 0.191. The molecular formula is C10H13N3O. The first kappa shape index (κ1) is 10.5. The fourth-order valence-electron chi connectivity index (χ4n) is 1.24. The third-order valence-electron chi connectivity index (χ3n) is 2.12. The molecule has 74 valence electrons. The quantitative estimate of drug-likeness (QED) is 0.586. The Hall–Kier alpha value is -1.57. The van der Waals surface area contributed by atoms with E-state index < -0.39 is 5.54 Å². The van der Waals surface area contributed by atoms with Crippen molar-refractivity contribution in [3.8, 4) is 6.07 Å². The van der Waals surface area contributed by atoms with Gasteiger partial charge in [0, 0.05) is 5.69 Å². The van der Waals surface area contributed by atoms with Crippen LogP contribution in [0.25, 0.3) is 0 Å². The normalized spacial score (nSPS) is 14.4. The van der Waals surface area contributed by atoms with E-state index in [9.17, 15) is 0 Å². The standard InChI is InChI=1S/C10H13N3O/c1-10(13,6-14)8-3-2-7(5-11)4-9(8)12/h2-4,14H,6,12-13H2,1H3/t10-/m0/s1. The lowest BCUT2D eigenvalue weighted by Crippen LogP contribution is -2.37.